The fourth-order valence-electron chi connectivity index (χ4n) is 1.85. The number of nitrogens with one attached hydrogen (secondary N) is 1. The van der Waals surface area contributed by atoms with Crippen LogP contribution < -0.4 is 0 Å². The lowest BCUT2D eigenvalue weighted by Gasteiger charge is -2.07. The Bertz CT molecular complexity index is 705. The monoisotopic (exact) mass is 284 g/mol. The Hall–Kier alpha value is -2.18. The molecule has 0 radical (unpaired) electrons. The van der Waals surface area contributed by atoms with Crippen molar-refractivity contribution in [3.8, 4) is 11.4 Å². The smallest absolute Gasteiger partial charge is 0.197 e. The summed E-state index contributed by atoms with van der Waals surface area (Å²) in [5, 5.41) is 0. The maximum absolute atomic E-state index is 11.8. The van der Waals surface area contributed by atoms with Gasteiger partial charge < -0.3 is 9.54 Å². The molecule has 0 saturated carbocycles. The summed E-state index contributed by atoms with van der Waals surface area (Å²) in [4.78, 5) is 16.6. The molecule has 1 aromatic carbocycles. The van der Waals surface area contributed by atoms with Crippen LogP contribution >= 0.6 is 0 Å². The fraction of sp³-hybridized carbons (Fsp3) is 0.0714. The van der Waals surface area contributed by atoms with Gasteiger partial charge in [0.2, 0.25) is 0 Å². The van der Waals surface area contributed by atoms with Crippen LogP contribution in [0.25, 0.3) is 22.7 Å². The summed E-state index contributed by atoms with van der Waals surface area (Å²) in [6.07, 6.45) is 4.88. The van der Waals surface area contributed by atoms with Crippen molar-refractivity contribution in [3.05, 3.63) is 49.3 Å². The number of nitrogens with zero attached hydrogens (tertiary/aromatic N) is 3. The van der Waals surface area contributed by atoms with E-state index in [1.165, 1.54) is 0 Å². The van der Waals surface area contributed by atoms with Gasteiger partial charge >= 0.3 is 0 Å². The zero-order valence-corrected chi connectivity index (χ0v) is 11.4. The second-order valence-electron chi connectivity index (χ2n) is 4.14. The van der Waals surface area contributed by atoms with Crippen LogP contribution in [0.15, 0.2) is 54.2 Å². The number of imidazole rings is 1. The Balaban J connectivity index is 1.92. The summed E-state index contributed by atoms with van der Waals surface area (Å²) in [7, 11) is 0. The summed E-state index contributed by atoms with van der Waals surface area (Å²) < 4.78 is 11.8. The summed E-state index contributed by atoms with van der Waals surface area (Å²) in [5.74, 6) is 1.16. The summed E-state index contributed by atoms with van der Waals surface area (Å²) >= 11 is -1.04. The Morgan fingerprint density at radius 2 is 1.95 bits per heavy atom. The number of hydrogen-bond donors (Lipinski definition) is 1. The molecule has 0 aliphatic heterocycles. The highest BCUT2D eigenvalue weighted by Crippen LogP contribution is 2.20. The molecule has 3 aromatic rings. The molecule has 6 heteroatoms. The number of aromatic nitrogens is 4. The number of hydrogen-bond acceptors (Lipinski definition) is 4. The Kier molecular flexibility index (Phi) is 3.49. The van der Waals surface area contributed by atoms with E-state index >= 15 is 0 Å². The molecule has 100 valence electrons. The second-order valence-corrected chi connectivity index (χ2v) is 5.63. The van der Waals surface area contributed by atoms with E-state index in [9.17, 15) is 4.55 Å². The van der Waals surface area contributed by atoms with Crippen molar-refractivity contribution in [2.24, 2.45) is 0 Å². The van der Waals surface area contributed by atoms with Gasteiger partial charge in [-0.1, -0.05) is 6.58 Å². The van der Waals surface area contributed by atoms with Crippen molar-refractivity contribution >= 4 is 22.5 Å². The molecule has 0 aliphatic carbocycles. The molecule has 3 rings (SSSR count). The molecule has 20 heavy (non-hydrogen) atoms. The minimum Gasteiger partial charge on any atom is -0.611 e. The third kappa shape index (κ3) is 2.43. The van der Waals surface area contributed by atoms with Crippen LogP contribution in [0.3, 0.4) is 0 Å². The van der Waals surface area contributed by atoms with Crippen molar-refractivity contribution in [2.75, 3.05) is 5.75 Å². The second kappa shape index (κ2) is 5.44. The normalized spacial score (nSPS) is 12.4. The molecule has 1 atom stereocenters. The predicted octanol–water partition coefficient (Wildman–Crippen LogP) is 2.31. The number of H-pyrrole nitrogens is 1. The SMILES string of the molecule is C=CC[S+]([O-])c1ccc(-c2nc3nccnc3[nH]2)cc1. The van der Waals surface area contributed by atoms with Crippen molar-refractivity contribution in [1.29, 1.82) is 0 Å². The van der Waals surface area contributed by atoms with Crippen LogP contribution in [0.4, 0.5) is 0 Å². The van der Waals surface area contributed by atoms with Gasteiger partial charge in [-0.15, -0.1) is 0 Å². The average molecular weight is 284 g/mol. The fourth-order valence-corrected chi connectivity index (χ4v) is 2.70. The molecule has 0 bridgehead atoms. The van der Waals surface area contributed by atoms with Gasteiger partial charge in [-0.05, 0) is 41.5 Å². The highest BCUT2D eigenvalue weighted by Gasteiger charge is 2.10. The molecule has 0 spiro atoms. The van der Waals surface area contributed by atoms with Gasteiger partial charge in [-0.2, -0.15) is 0 Å². The zero-order valence-electron chi connectivity index (χ0n) is 10.6. The first-order valence-electron chi connectivity index (χ1n) is 6.04. The van der Waals surface area contributed by atoms with Crippen LogP contribution in [0.1, 0.15) is 0 Å². The Morgan fingerprint density at radius 1 is 1.20 bits per heavy atom. The lowest BCUT2D eigenvalue weighted by Crippen LogP contribution is -2.04. The topological polar surface area (TPSA) is 77.5 Å². The van der Waals surface area contributed by atoms with Crippen LogP contribution in [0, 0.1) is 0 Å². The maximum Gasteiger partial charge on any atom is 0.197 e. The van der Waals surface area contributed by atoms with Gasteiger partial charge in [0.15, 0.2) is 16.2 Å². The number of benzene rings is 1. The quantitative estimate of drug-likeness (QED) is 0.589. The van der Waals surface area contributed by atoms with Crippen molar-refractivity contribution in [2.45, 2.75) is 4.90 Å². The molecule has 2 aromatic heterocycles. The Morgan fingerprint density at radius 3 is 2.65 bits per heavy atom. The molecule has 0 fully saturated rings. The molecule has 1 N–H and O–H groups in total. The lowest BCUT2D eigenvalue weighted by atomic mass is 10.2. The molecule has 1 unspecified atom stereocenters. The van der Waals surface area contributed by atoms with Crippen molar-refractivity contribution < 1.29 is 4.55 Å². The number of aromatic amines is 1. The van der Waals surface area contributed by atoms with Gasteiger partial charge in [-0.3, -0.25) is 0 Å². The average Bonchev–Trinajstić information content (AvgIpc) is 2.91. The van der Waals surface area contributed by atoms with E-state index in [0.29, 0.717) is 22.9 Å². The highest BCUT2D eigenvalue weighted by molar-refractivity contribution is 7.91. The molecule has 0 aliphatic rings. The van der Waals surface area contributed by atoms with Crippen LogP contribution in [-0.2, 0) is 11.2 Å². The van der Waals surface area contributed by atoms with E-state index in [4.69, 9.17) is 0 Å². The minimum absolute atomic E-state index is 0.456. The van der Waals surface area contributed by atoms with Gasteiger partial charge in [-0.25, -0.2) is 15.0 Å². The summed E-state index contributed by atoms with van der Waals surface area (Å²) in [6.45, 7) is 3.59. The third-order valence-electron chi connectivity index (χ3n) is 2.79. The minimum atomic E-state index is -1.04. The molecule has 0 saturated heterocycles. The lowest BCUT2D eigenvalue weighted by molar-refractivity contribution is 0.598. The largest absolute Gasteiger partial charge is 0.611 e. The summed E-state index contributed by atoms with van der Waals surface area (Å²) in [5.41, 5.74) is 2.15. The third-order valence-corrected chi connectivity index (χ3v) is 4.13. The first-order valence-corrected chi connectivity index (χ1v) is 7.36. The van der Waals surface area contributed by atoms with E-state index in [-0.39, 0.29) is 0 Å². The first kappa shape index (κ1) is 12.8. The first-order chi connectivity index (χ1) is 9.78. The molecule has 5 nitrogen and oxygen atoms in total. The van der Waals surface area contributed by atoms with Gasteiger partial charge in [0.1, 0.15) is 11.6 Å². The van der Waals surface area contributed by atoms with E-state index in [1.54, 1.807) is 18.5 Å². The van der Waals surface area contributed by atoms with Crippen LogP contribution in [0.5, 0.6) is 0 Å². The van der Waals surface area contributed by atoms with E-state index in [2.05, 4.69) is 26.5 Å². The van der Waals surface area contributed by atoms with Gasteiger partial charge in [0.05, 0.1) is 0 Å². The molecular weight excluding hydrogens is 272 g/mol. The molecular formula is C14H12N4OS. The van der Waals surface area contributed by atoms with E-state index in [0.717, 1.165) is 10.5 Å². The maximum atomic E-state index is 11.8. The number of rotatable bonds is 4. The number of fused-ring (bicyclic) bond motifs is 1. The summed E-state index contributed by atoms with van der Waals surface area (Å²) in [6, 6.07) is 7.44. The van der Waals surface area contributed by atoms with Crippen LogP contribution in [0.2, 0.25) is 0 Å². The predicted molar refractivity (Wildman–Crippen MR) is 78.6 cm³/mol. The van der Waals surface area contributed by atoms with Crippen molar-refractivity contribution in [1.82, 2.24) is 19.9 Å². The van der Waals surface area contributed by atoms with Crippen LogP contribution in [-0.4, -0.2) is 30.2 Å². The van der Waals surface area contributed by atoms with Crippen molar-refractivity contribution in [3.63, 3.8) is 0 Å². The molecule has 0 amide bonds. The standard InChI is InChI=1S/C14H12N4OS/c1-2-9-20(19)11-5-3-10(4-6-11)12-17-13-14(18-12)16-8-7-15-13/h2-8H,1,9H2,(H,15,16,17,18). The zero-order chi connectivity index (χ0) is 13.9. The Labute approximate surface area is 119 Å². The van der Waals surface area contributed by atoms with Gasteiger partial charge in [0, 0.05) is 18.0 Å². The van der Waals surface area contributed by atoms with E-state index in [1.807, 2.05) is 24.3 Å². The molecule has 2 heterocycles. The van der Waals surface area contributed by atoms with Gasteiger partial charge in [0.25, 0.3) is 0 Å². The van der Waals surface area contributed by atoms with E-state index < -0.39 is 11.2 Å². The highest BCUT2D eigenvalue weighted by atomic mass is 32.2.